The molecule has 1 aliphatic rings. The number of morpholine rings is 1. The lowest BCUT2D eigenvalue weighted by Gasteiger charge is -2.28. The molecule has 1 aromatic heterocycles. The van der Waals surface area contributed by atoms with Crippen molar-refractivity contribution >= 4 is 17.3 Å². The second kappa shape index (κ2) is 8.76. The first kappa shape index (κ1) is 18.3. The van der Waals surface area contributed by atoms with Gasteiger partial charge in [-0.15, -0.1) is 0 Å². The van der Waals surface area contributed by atoms with E-state index < -0.39 is 0 Å². The van der Waals surface area contributed by atoms with Gasteiger partial charge in [0.05, 0.1) is 13.2 Å². The Hall–Kier alpha value is -3.05. The van der Waals surface area contributed by atoms with Gasteiger partial charge in [-0.1, -0.05) is 30.3 Å². The predicted octanol–water partition coefficient (Wildman–Crippen LogP) is 4.35. The minimum Gasteiger partial charge on any atom is -0.461 e. The Kier molecular flexibility index (Phi) is 5.73. The Morgan fingerprint density at radius 2 is 1.68 bits per heavy atom. The molecule has 1 aliphatic heterocycles. The molecule has 4 rings (SSSR count). The average Bonchev–Trinajstić information content (AvgIpc) is 3.23. The molecular formula is C23H24N2O3. The summed E-state index contributed by atoms with van der Waals surface area (Å²) in [5.74, 6) is 1.63. The highest BCUT2D eigenvalue weighted by Gasteiger charge is 2.12. The number of amides is 1. The topological polar surface area (TPSA) is 54.7 Å². The highest BCUT2D eigenvalue weighted by atomic mass is 16.5. The fraction of sp³-hybridized carbons (Fsp3) is 0.261. The summed E-state index contributed by atoms with van der Waals surface area (Å²) in [5, 5.41) is 2.96. The molecule has 1 fully saturated rings. The van der Waals surface area contributed by atoms with Crippen LogP contribution in [-0.2, 0) is 16.0 Å². The van der Waals surface area contributed by atoms with Crippen molar-refractivity contribution in [2.24, 2.45) is 0 Å². The number of aryl methyl sites for hydroxylation is 1. The number of anilines is 2. The molecule has 0 bridgehead atoms. The molecule has 1 amide bonds. The van der Waals surface area contributed by atoms with Gasteiger partial charge in [0, 0.05) is 42.9 Å². The van der Waals surface area contributed by atoms with Gasteiger partial charge < -0.3 is 19.4 Å². The van der Waals surface area contributed by atoms with Crippen LogP contribution in [0.3, 0.4) is 0 Å². The minimum absolute atomic E-state index is 0.0169. The van der Waals surface area contributed by atoms with Gasteiger partial charge in [0.2, 0.25) is 5.91 Å². The van der Waals surface area contributed by atoms with Crippen LogP contribution >= 0.6 is 0 Å². The number of hydrogen-bond donors (Lipinski definition) is 1. The van der Waals surface area contributed by atoms with Crippen molar-refractivity contribution in [2.45, 2.75) is 12.8 Å². The van der Waals surface area contributed by atoms with Crippen LogP contribution in [0.15, 0.2) is 71.1 Å². The first-order valence-electron chi connectivity index (χ1n) is 9.65. The van der Waals surface area contributed by atoms with E-state index in [4.69, 9.17) is 9.15 Å². The van der Waals surface area contributed by atoms with E-state index in [1.807, 2.05) is 66.7 Å². The van der Waals surface area contributed by atoms with Crippen molar-refractivity contribution in [1.82, 2.24) is 0 Å². The number of furan rings is 1. The average molecular weight is 376 g/mol. The van der Waals surface area contributed by atoms with Gasteiger partial charge in [-0.05, 0) is 36.4 Å². The Balaban J connectivity index is 1.28. The Labute approximate surface area is 164 Å². The zero-order valence-corrected chi connectivity index (χ0v) is 15.8. The largest absolute Gasteiger partial charge is 0.461 e. The zero-order valence-electron chi connectivity index (χ0n) is 15.8. The summed E-state index contributed by atoms with van der Waals surface area (Å²) >= 11 is 0. The molecule has 144 valence electrons. The number of ether oxygens (including phenoxy) is 1. The van der Waals surface area contributed by atoms with Crippen LogP contribution in [0.4, 0.5) is 11.4 Å². The standard InChI is InChI=1S/C23H24N2O3/c26-23(13-11-21-10-12-22(28-21)18-4-2-1-3-5-18)24-19-6-8-20(9-7-19)25-14-16-27-17-15-25/h1-10,12H,11,13-17H2,(H,24,26). The number of carbonyl (C=O) groups is 1. The van der Waals surface area contributed by atoms with Crippen LogP contribution in [0.1, 0.15) is 12.2 Å². The Morgan fingerprint density at radius 1 is 0.929 bits per heavy atom. The molecule has 2 aromatic carbocycles. The Morgan fingerprint density at radius 3 is 2.43 bits per heavy atom. The lowest BCUT2D eigenvalue weighted by molar-refractivity contribution is -0.116. The van der Waals surface area contributed by atoms with Gasteiger partial charge in [-0.3, -0.25) is 4.79 Å². The van der Waals surface area contributed by atoms with E-state index in [1.165, 1.54) is 0 Å². The number of rotatable bonds is 6. The number of hydrogen-bond acceptors (Lipinski definition) is 4. The quantitative estimate of drug-likeness (QED) is 0.695. The summed E-state index contributed by atoms with van der Waals surface area (Å²) in [6, 6.07) is 21.8. The molecule has 0 spiro atoms. The molecular weight excluding hydrogens is 352 g/mol. The third-order valence-electron chi connectivity index (χ3n) is 4.85. The van der Waals surface area contributed by atoms with Crippen molar-refractivity contribution < 1.29 is 13.9 Å². The molecule has 5 heteroatoms. The second-order valence-corrected chi connectivity index (χ2v) is 6.83. The molecule has 2 heterocycles. The van der Waals surface area contributed by atoms with Crippen molar-refractivity contribution in [3.05, 3.63) is 72.5 Å². The van der Waals surface area contributed by atoms with Crippen molar-refractivity contribution in [1.29, 1.82) is 0 Å². The van der Waals surface area contributed by atoms with Gasteiger partial charge >= 0.3 is 0 Å². The molecule has 0 saturated carbocycles. The maximum atomic E-state index is 12.3. The van der Waals surface area contributed by atoms with E-state index in [-0.39, 0.29) is 5.91 Å². The van der Waals surface area contributed by atoms with Gasteiger partial charge in [0.1, 0.15) is 11.5 Å². The van der Waals surface area contributed by atoms with Crippen molar-refractivity contribution in [2.75, 3.05) is 36.5 Å². The van der Waals surface area contributed by atoms with Crippen LogP contribution in [-0.4, -0.2) is 32.2 Å². The molecule has 0 atom stereocenters. The molecule has 28 heavy (non-hydrogen) atoms. The van der Waals surface area contributed by atoms with Crippen LogP contribution < -0.4 is 10.2 Å². The number of benzene rings is 2. The van der Waals surface area contributed by atoms with E-state index in [1.54, 1.807) is 0 Å². The van der Waals surface area contributed by atoms with Crippen LogP contribution in [0.25, 0.3) is 11.3 Å². The first-order chi connectivity index (χ1) is 13.8. The van der Waals surface area contributed by atoms with Crippen molar-refractivity contribution in [3.63, 3.8) is 0 Å². The summed E-state index contributed by atoms with van der Waals surface area (Å²) in [6.07, 6.45) is 0.956. The summed E-state index contributed by atoms with van der Waals surface area (Å²) in [5.41, 5.74) is 3.01. The van der Waals surface area contributed by atoms with Gasteiger partial charge in [0.25, 0.3) is 0 Å². The molecule has 0 unspecified atom stereocenters. The molecule has 0 aliphatic carbocycles. The Bertz CT molecular complexity index is 897. The van der Waals surface area contributed by atoms with Gasteiger partial charge in [0.15, 0.2) is 0 Å². The van der Waals surface area contributed by atoms with Crippen LogP contribution in [0.2, 0.25) is 0 Å². The fourth-order valence-electron chi connectivity index (χ4n) is 3.31. The number of nitrogens with one attached hydrogen (secondary N) is 1. The van der Waals surface area contributed by atoms with Gasteiger partial charge in [-0.2, -0.15) is 0 Å². The molecule has 1 N–H and O–H groups in total. The van der Waals surface area contributed by atoms with Crippen molar-refractivity contribution in [3.8, 4) is 11.3 Å². The zero-order chi connectivity index (χ0) is 19.2. The predicted molar refractivity (Wildman–Crippen MR) is 111 cm³/mol. The number of carbonyl (C=O) groups excluding carboxylic acids is 1. The van der Waals surface area contributed by atoms with E-state index >= 15 is 0 Å². The smallest absolute Gasteiger partial charge is 0.224 e. The molecule has 1 saturated heterocycles. The molecule has 5 nitrogen and oxygen atoms in total. The maximum absolute atomic E-state index is 12.3. The normalized spacial score (nSPS) is 14.1. The number of nitrogens with zero attached hydrogens (tertiary/aromatic N) is 1. The van der Waals surface area contributed by atoms with E-state index in [0.717, 1.165) is 54.8 Å². The van der Waals surface area contributed by atoms with E-state index in [9.17, 15) is 4.79 Å². The highest BCUT2D eigenvalue weighted by molar-refractivity contribution is 5.91. The minimum atomic E-state index is -0.0169. The monoisotopic (exact) mass is 376 g/mol. The lowest BCUT2D eigenvalue weighted by Crippen LogP contribution is -2.36. The second-order valence-electron chi connectivity index (χ2n) is 6.83. The van der Waals surface area contributed by atoms with Crippen LogP contribution in [0.5, 0.6) is 0 Å². The lowest BCUT2D eigenvalue weighted by atomic mass is 10.2. The SMILES string of the molecule is O=C(CCc1ccc(-c2ccccc2)o1)Nc1ccc(N2CCOCC2)cc1. The molecule has 3 aromatic rings. The molecule has 0 radical (unpaired) electrons. The fourth-order valence-corrected chi connectivity index (χ4v) is 3.31. The summed E-state index contributed by atoms with van der Waals surface area (Å²) in [4.78, 5) is 14.6. The third-order valence-corrected chi connectivity index (χ3v) is 4.85. The van der Waals surface area contributed by atoms with E-state index in [2.05, 4.69) is 10.2 Å². The summed E-state index contributed by atoms with van der Waals surface area (Å²) < 4.78 is 11.2. The third kappa shape index (κ3) is 4.61. The summed E-state index contributed by atoms with van der Waals surface area (Å²) in [7, 11) is 0. The first-order valence-corrected chi connectivity index (χ1v) is 9.65. The maximum Gasteiger partial charge on any atom is 0.224 e. The van der Waals surface area contributed by atoms with Crippen LogP contribution in [0, 0.1) is 0 Å². The summed E-state index contributed by atoms with van der Waals surface area (Å²) in [6.45, 7) is 3.33. The highest BCUT2D eigenvalue weighted by Crippen LogP contribution is 2.23. The van der Waals surface area contributed by atoms with Gasteiger partial charge in [-0.25, -0.2) is 0 Å². The van der Waals surface area contributed by atoms with E-state index in [0.29, 0.717) is 12.8 Å².